The molecule has 0 radical (unpaired) electrons. The normalized spacial score (nSPS) is 22.2. The van der Waals surface area contributed by atoms with Gasteiger partial charge in [-0.3, -0.25) is 4.90 Å². The third kappa shape index (κ3) is 3.54. The highest BCUT2D eigenvalue weighted by Gasteiger charge is 2.34. The standard InChI is InChI=1S/C21H28N4O2S/c1-12(2)16-6-8-17(9-7-16)18(24-10-13(3)27-14(4)11-24)19-20(26)25-21(28-19)22-15(5)23-25/h6-9,12-14,18,26H,10-11H2,1-5H3/t13-,14+,18-/m0/s1. The Labute approximate surface area is 169 Å². The molecule has 28 heavy (non-hydrogen) atoms. The van der Waals surface area contributed by atoms with Crippen molar-refractivity contribution in [2.45, 2.75) is 58.8 Å². The number of aryl methyl sites for hydroxylation is 1. The molecule has 0 bridgehead atoms. The molecule has 0 spiro atoms. The Balaban J connectivity index is 1.80. The van der Waals surface area contributed by atoms with Crippen LogP contribution >= 0.6 is 11.3 Å². The quantitative estimate of drug-likeness (QED) is 0.714. The summed E-state index contributed by atoms with van der Waals surface area (Å²) >= 11 is 1.51. The number of rotatable bonds is 4. The van der Waals surface area contributed by atoms with Gasteiger partial charge in [0.25, 0.3) is 0 Å². The summed E-state index contributed by atoms with van der Waals surface area (Å²) in [6, 6.07) is 8.71. The van der Waals surface area contributed by atoms with E-state index in [0.29, 0.717) is 11.7 Å². The van der Waals surface area contributed by atoms with Gasteiger partial charge in [0.05, 0.1) is 23.1 Å². The summed E-state index contributed by atoms with van der Waals surface area (Å²) in [4.78, 5) is 8.46. The SMILES string of the molecule is Cc1nc2sc([C@H](c3ccc(C(C)C)cc3)N3C[C@@H](C)O[C@@H](C)C3)c(O)n2n1. The lowest BCUT2D eigenvalue weighted by Crippen LogP contribution is -2.47. The van der Waals surface area contributed by atoms with Gasteiger partial charge < -0.3 is 9.84 Å². The Hall–Kier alpha value is -1.96. The average molecular weight is 401 g/mol. The lowest BCUT2D eigenvalue weighted by Gasteiger charge is -2.40. The van der Waals surface area contributed by atoms with Crippen LogP contribution in [0, 0.1) is 6.92 Å². The molecule has 1 aliphatic heterocycles. The van der Waals surface area contributed by atoms with Gasteiger partial charge in [0.1, 0.15) is 5.82 Å². The molecule has 3 atom stereocenters. The minimum absolute atomic E-state index is 0.0520. The van der Waals surface area contributed by atoms with Crippen LogP contribution in [0.15, 0.2) is 24.3 Å². The summed E-state index contributed by atoms with van der Waals surface area (Å²) < 4.78 is 7.50. The maximum absolute atomic E-state index is 11.0. The first-order chi connectivity index (χ1) is 13.3. The molecule has 3 heterocycles. The number of morpholine rings is 1. The van der Waals surface area contributed by atoms with Crippen molar-refractivity contribution in [1.29, 1.82) is 0 Å². The van der Waals surface area contributed by atoms with Crippen molar-refractivity contribution in [2.24, 2.45) is 0 Å². The molecule has 0 amide bonds. The molecule has 1 N–H and O–H groups in total. The zero-order valence-electron chi connectivity index (χ0n) is 17.1. The minimum atomic E-state index is -0.0520. The van der Waals surface area contributed by atoms with E-state index < -0.39 is 0 Å². The number of hydrogen-bond donors (Lipinski definition) is 1. The van der Waals surface area contributed by atoms with Crippen LogP contribution in [-0.2, 0) is 4.74 Å². The van der Waals surface area contributed by atoms with E-state index >= 15 is 0 Å². The van der Waals surface area contributed by atoms with Gasteiger partial charge in [0, 0.05) is 13.1 Å². The highest BCUT2D eigenvalue weighted by Crippen LogP contribution is 2.41. The van der Waals surface area contributed by atoms with Crippen molar-refractivity contribution in [2.75, 3.05) is 13.1 Å². The number of hydrogen-bond acceptors (Lipinski definition) is 6. The molecular formula is C21H28N4O2S. The van der Waals surface area contributed by atoms with Crippen LogP contribution in [0.1, 0.15) is 61.5 Å². The number of fused-ring (bicyclic) bond motifs is 1. The molecule has 0 unspecified atom stereocenters. The summed E-state index contributed by atoms with van der Waals surface area (Å²) in [6.45, 7) is 12.1. The third-order valence-corrected chi connectivity index (χ3v) is 6.36. The van der Waals surface area contributed by atoms with E-state index in [1.807, 2.05) is 6.92 Å². The number of aromatic hydroxyl groups is 1. The highest BCUT2D eigenvalue weighted by atomic mass is 32.1. The van der Waals surface area contributed by atoms with Crippen molar-refractivity contribution < 1.29 is 9.84 Å². The van der Waals surface area contributed by atoms with Crippen molar-refractivity contribution in [1.82, 2.24) is 19.5 Å². The number of benzene rings is 1. The molecule has 1 saturated heterocycles. The van der Waals surface area contributed by atoms with E-state index in [-0.39, 0.29) is 24.1 Å². The van der Waals surface area contributed by atoms with Crippen molar-refractivity contribution in [3.05, 3.63) is 46.1 Å². The fourth-order valence-electron chi connectivity index (χ4n) is 4.05. The van der Waals surface area contributed by atoms with Crippen molar-refractivity contribution in [3.63, 3.8) is 0 Å². The summed E-state index contributed by atoms with van der Waals surface area (Å²) in [5, 5.41) is 15.3. The lowest BCUT2D eigenvalue weighted by molar-refractivity contribution is -0.0764. The maximum atomic E-state index is 11.0. The van der Waals surface area contributed by atoms with Crippen molar-refractivity contribution >= 4 is 16.3 Å². The molecule has 6 nitrogen and oxygen atoms in total. The smallest absolute Gasteiger partial charge is 0.230 e. The molecular weight excluding hydrogens is 372 g/mol. The summed E-state index contributed by atoms with van der Waals surface area (Å²) in [5.74, 6) is 1.34. The Bertz CT molecular complexity index is 953. The topological polar surface area (TPSA) is 62.9 Å². The maximum Gasteiger partial charge on any atom is 0.230 e. The fourth-order valence-corrected chi connectivity index (χ4v) is 5.21. The number of nitrogens with zero attached hydrogens (tertiary/aromatic N) is 4. The molecule has 0 aliphatic carbocycles. The van der Waals surface area contributed by atoms with Gasteiger partial charge >= 0.3 is 0 Å². The Morgan fingerprint density at radius 3 is 2.29 bits per heavy atom. The van der Waals surface area contributed by atoms with E-state index in [1.165, 1.54) is 22.5 Å². The second-order valence-corrected chi connectivity index (χ2v) is 9.09. The van der Waals surface area contributed by atoms with E-state index in [0.717, 1.165) is 22.9 Å². The van der Waals surface area contributed by atoms with Gasteiger partial charge in [-0.15, -0.1) is 5.10 Å². The zero-order chi connectivity index (χ0) is 20.0. The van der Waals surface area contributed by atoms with E-state index in [2.05, 4.69) is 66.9 Å². The second-order valence-electron chi connectivity index (χ2n) is 8.08. The first kappa shape index (κ1) is 19.4. The monoisotopic (exact) mass is 400 g/mol. The lowest BCUT2D eigenvalue weighted by atomic mass is 9.97. The Kier molecular flexibility index (Phi) is 5.16. The summed E-state index contributed by atoms with van der Waals surface area (Å²) in [6.07, 6.45) is 0.292. The molecule has 1 fully saturated rings. The largest absolute Gasteiger partial charge is 0.492 e. The predicted octanol–water partition coefficient (Wildman–Crippen LogP) is 4.13. The van der Waals surface area contributed by atoms with Gasteiger partial charge in [0.15, 0.2) is 0 Å². The average Bonchev–Trinajstić information content (AvgIpc) is 3.13. The van der Waals surface area contributed by atoms with Gasteiger partial charge in [-0.1, -0.05) is 49.4 Å². The van der Waals surface area contributed by atoms with Crippen molar-refractivity contribution in [3.8, 4) is 5.88 Å². The van der Waals surface area contributed by atoms with E-state index in [9.17, 15) is 5.11 Å². The van der Waals surface area contributed by atoms with E-state index in [1.54, 1.807) is 4.52 Å². The molecule has 1 aliphatic rings. The highest BCUT2D eigenvalue weighted by molar-refractivity contribution is 7.17. The zero-order valence-corrected chi connectivity index (χ0v) is 17.9. The number of ether oxygens (including phenoxy) is 1. The van der Waals surface area contributed by atoms with Crippen LogP contribution in [0.2, 0.25) is 0 Å². The second kappa shape index (κ2) is 7.46. The van der Waals surface area contributed by atoms with Crippen LogP contribution in [0.3, 0.4) is 0 Å². The summed E-state index contributed by atoms with van der Waals surface area (Å²) in [7, 11) is 0. The number of thiazole rings is 1. The van der Waals surface area contributed by atoms with Crippen LogP contribution < -0.4 is 0 Å². The first-order valence-corrected chi connectivity index (χ1v) is 10.7. The summed E-state index contributed by atoms with van der Waals surface area (Å²) in [5.41, 5.74) is 2.48. The van der Waals surface area contributed by atoms with Gasteiger partial charge in [-0.05, 0) is 37.8 Å². The van der Waals surface area contributed by atoms with Gasteiger partial charge in [-0.25, -0.2) is 4.98 Å². The minimum Gasteiger partial charge on any atom is -0.492 e. The fraction of sp³-hybridized carbons (Fsp3) is 0.524. The predicted molar refractivity (Wildman–Crippen MR) is 111 cm³/mol. The number of aromatic nitrogens is 3. The van der Waals surface area contributed by atoms with Crippen LogP contribution in [0.4, 0.5) is 0 Å². The molecule has 0 saturated carbocycles. The molecule has 2 aromatic heterocycles. The van der Waals surface area contributed by atoms with Crippen LogP contribution in [0.25, 0.3) is 4.96 Å². The van der Waals surface area contributed by atoms with Gasteiger partial charge in [0.2, 0.25) is 10.8 Å². The molecule has 1 aromatic carbocycles. The Morgan fingerprint density at radius 1 is 1.11 bits per heavy atom. The molecule has 7 heteroatoms. The van der Waals surface area contributed by atoms with E-state index in [4.69, 9.17) is 4.74 Å². The molecule has 4 rings (SSSR count). The molecule has 150 valence electrons. The van der Waals surface area contributed by atoms with Crippen LogP contribution in [0.5, 0.6) is 5.88 Å². The Morgan fingerprint density at radius 2 is 1.71 bits per heavy atom. The van der Waals surface area contributed by atoms with Crippen LogP contribution in [-0.4, -0.2) is 49.9 Å². The molecule has 3 aromatic rings. The van der Waals surface area contributed by atoms with Gasteiger partial charge in [-0.2, -0.15) is 4.52 Å². The third-order valence-electron chi connectivity index (χ3n) is 5.29. The first-order valence-electron chi connectivity index (χ1n) is 9.88.